The molecule has 0 saturated carbocycles. The van der Waals surface area contributed by atoms with Crippen LogP contribution in [-0.4, -0.2) is 61.6 Å². The van der Waals surface area contributed by atoms with Crippen molar-refractivity contribution >= 4 is 23.0 Å². The molecule has 0 radical (unpaired) electrons. The number of nitrogens with two attached hydrogens (primary N) is 1. The Morgan fingerprint density at radius 3 is 2.09 bits per heavy atom. The predicted octanol–water partition coefficient (Wildman–Crippen LogP) is 2.29. The number of unbranched alkanes of at least 4 members (excludes halogenated alkanes) is 3. The zero-order valence-corrected chi connectivity index (χ0v) is 19.9. The molecule has 1 aromatic carbocycles. The van der Waals surface area contributed by atoms with Crippen LogP contribution in [0.5, 0.6) is 0 Å². The van der Waals surface area contributed by atoms with Crippen LogP contribution in [0.15, 0.2) is 18.2 Å². The van der Waals surface area contributed by atoms with E-state index in [9.17, 15) is 25.0 Å². The molecule has 0 heterocycles. The first kappa shape index (κ1) is 29.2. The van der Waals surface area contributed by atoms with E-state index in [2.05, 4.69) is 21.3 Å². The van der Waals surface area contributed by atoms with Gasteiger partial charge in [-0.3, -0.25) is 25.0 Å². The molecule has 0 spiro atoms. The summed E-state index contributed by atoms with van der Waals surface area (Å²) in [6.07, 6.45) is 6.85. The predicted molar refractivity (Wildman–Crippen MR) is 133 cm³/mol. The molecule has 1 amide bonds. The van der Waals surface area contributed by atoms with E-state index in [4.69, 9.17) is 5.73 Å². The van der Waals surface area contributed by atoms with Gasteiger partial charge in [0.1, 0.15) is 5.69 Å². The molecule has 0 fully saturated rings. The highest BCUT2D eigenvalue weighted by molar-refractivity contribution is 5.75. The van der Waals surface area contributed by atoms with E-state index in [-0.39, 0.29) is 23.0 Å². The third-order valence-electron chi connectivity index (χ3n) is 5.15. The number of amides is 1. The third-order valence-corrected chi connectivity index (χ3v) is 5.15. The number of non-ortho nitro benzene ring substituents is 1. The topological polar surface area (TPSA) is 177 Å². The van der Waals surface area contributed by atoms with Crippen LogP contribution in [0, 0.1) is 20.2 Å². The molecule has 0 aliphatic rings. The Morgan fingerprint density at radius 1 is 0.794 bits per heavy atom. The molecule has 12 nitrogen and oxygen atoms in total. The number of nitrogens with one attached hydrogen (secondary N) is 4. The Kier molecular flexibility index (Phi) is 16.0. The first-order valence-corrected chi connectivity index (χ1v) is 12.0. The molecule has 0 aromatic heterocycles. The van der Waals surface area contributed by atoms with Gasteiger partial charge < -0.3 is 27.0 Å². The largest absolute Gasteiger partial charge is 0.379 e. The Bertz CT molecular complexity index is 748. The molecular formula is C22H39N7O5. The average molecular weight is 482 g/mol. The van der Waals surface area contributed by atoms with Gasteiger partial charge in [-0.05, 0) is 77.3 Å². The maximum atomic E-state index is 11.9. The second-order valence-corrected chi connectivity index (χ2v) is 8.01. The summed E-state index contributed by atoms with van der Waals surface area (Å²) in [4.78, 5) is 32.5. The fraction of sp³-hybridized carbons (Fsp3) is 0.682. The van der Waals surface area contributed by atoms with E-state index in [0.717, 1.165) is 83.7 Å². The number of hydrogen-bond donors (Lipinski definition) is 5. The molecule has 0 unspecified atom stereocenters. The Balaban J connectivity index is 2.00. The second kappa shape index (κ2) is 18.6. The standard InChI is InChI=1S/C22H39N7O5/c23-11-6-14-24-12-4-5-13-25-15-7-17-27-22(30)8-2-1-3-16-26-20-10-9-19(28(31)32)18-21(20)29(33)34/h9-10,18,24-26H,1-8,11-17,23H2,(H,27,30). The maximum absolute atomic E-state index is 11.9. The molecule has 192 valence electrons. The van der Waals surface area contributed by atoms with E-state index in [1.165, 1.54) is 12.1 Å². The smallest absolute Gasteiger partial charge is 0.299 e. The van der Waals surface area contributed by atoms with Crippen molar-refractivity contribution in [3.8, 4) is 0 Å². The van der Waals surface area contributed by atoms with Crippen molar-refractivity contribution in [2.75, 3.05) is 51.1 Å². The van der Waals surface area contributed by atoms with Gasteiger partial charge in [0.15, 0.2) is 0 Å². The lowest BCUT2D eigenvalue weighted by Crippen LogP contribution is -2.27. The van der Waals surface area contributed by atoms with Crippen LogP contribution < -0.4 is 27.0 Å². The summed E-state index contributed by atoms with van der Waals surface area (Å²) >= 11 is 0. The van der Waals surface area contributed by atoms with Crippen LogP contribution >= 0.6 is 0 Å². The van der Waals surface area contributed by atoms with Crippen molar-refractivity contribution in [2.45, 2.75) is 51.4 Å². The lowest BCUT2D eigenvalue weighted by Gasteiger charge is -2.08. The Morgan fingerprint density at radius 2 is 1.44 bits per heavy atom. The van der Waals surface area contributed by atoms with E-state index in [1.807, 2.05) is 0 Å². The zero-order valence-electron chi connectivity index (χ0n) is 19.9. The van der Waals surface area contributed by atoms with Gasteiger partial charge >= 0.3 is 0 Å². The quantitative estimate of drug-likeness (QED) is 0.100. The molecule has 0 aliphatic carbocycles. The molecule has 1 aromatic rings. The zero-order chi connectivity index (χ0) is 25.0. The van der Waals surface area contributed by atoms with Crippen molar-refractivity contribution < 1.29 is 14.6 Å². The molecule has 34 heavy (non-hydrogen) atoms. The van der Waals surface area contributed by atoms with E-state index >= 15 is 0 Å². The number of nitrogens with zero attached hydrogens (tertiary/aromatic N) is 2. The van der Waals surface area contributed by atoms with Crippen LogP contribution in [0.2, 0.25) is 0 Å². The Labute approximate surface area is 200 Å². The fourth-order valence-corrected chi connectivity index (χ4v) is 3.25. The van der Waals surface area contributed by atoms with Crippen molar-refractivity contribution in [3.63, 3.8) is 0 Å². The SMILES string of the molecule is NCCCNCCCCNCCCNC(=O)CCCCCNc1ccc([N+](=O)[O-])cc1[N+](=O)[O-]. The first-order valence-electron chi connectivity index (χ1n) is 12.0. The summed E-state index contributed by atoms with van der Waals surface area (Å²) in [5, 5.41) is 34.5. The Hall–Kier alpha value is -2.83. The van der Waals surface area contributed by atoms with Crippen LogP contribution in [-0.2, 0) is 4.79 Å². The van der Waals surface area contributed by atoms with Gasteiger partial charge in [-0.25, -0.2) is 0 Å². The van der Waals surface area contributed by atoms with Crippen LogP contribution in [0.25, 0.3) is 0 Å². The highest BCUT2D eigenvalue weighted by atomic mass is 16.6. The molecule has 6 N–H and O–H groups in total. The molecule has 0 bridgehead atoms. The van der Waals surface area contributed by atoms with Crippen molar-refractivity contribution in [2.24, 2.45) is 5.73 Å². The van der Waals surface area contributed by atoms with Gasteiger partial charge in [0, 0.05) is 25.6 Å². The van der Waals surface area contributed by atoms with Gasteiger partial charge in [0.2, 0.25) is 5.91 Å². The fourth-order valence-electron chi connectivity index (χ4n) is 3.25. The molecule has 1 rings (SSSR count). The maximum Gasteiger partial charge on any atom is 0.299 e. The van der Waals surface area contributed by atoms with Gasteiger partial charge in [0.05, 0.1) is 15.9 Å². The first-order chi connectivity index (χ1) is 16.5. The number of rotatable bonds is 21. The molecule has 12 heteroatoms. The van der Waals surface area contributed by atoms with Crippen LogP contribution in [0.3, 0.4) is 0 Å². The lowest BCUT2D eigenvalue weighted by molar-refractivity contribution is -0.393. The minimum Gasteiger partial charge on any atom is -0.379 e. The number of benzene rings is 1. The van der Waals surface area contributed by atoms with Gasteiger partial charge in [-0.1, -0.05) is 6.42 Å². The summed E-state index contributed by atoms with van der Waals surface area (Å²) < 4.78 is 0. The number of nitro benzene ring substituents is 2. The second-order valence-electron chi connectivity index (χ2n) is 8.01. The molecule has 0 aliphatic heterocycles. The van der Waals surface area contributed by atoms with E-state index < -0.39 is 9.85 Å². The van der Waals surface area contributed by atoms with Crippen LogP contribution in [0.1, 0.15) is 51.4 Å². The van der Waals surface area contributed by atoms with E-state index in [1.54, 1.807) is 0 Å². The average Bonchev–Trinajstić information content (AvgIpc) is 2.81. The number of hydrogen-bond acceptors (Lipinski definition) is 9. The normalized spacial score (nSPS) is 10.7. The lowest BCUT2D eigenvalue weighted by atomic mass is 10.1. The summed E-state index contributed by atoms with van der Waals surface area (Å²) in [5.74, 6) is 0.0301. The minimum absolute atomic E-state index is 0.0301. The summed E-state index contributed by atoms with van der Waals surface area (Å²) in [5.41, 5.74) is 5.05. The summed E-state index contributed by atoms with van der Waals surface area (Å²) in [6.45, 7) is 5.71. The van der Waals surface area contributed by atoms with Gasteiger partial charge in [-0.15, -0.1) is 0 Å². The summed E-state index contributed by atoms with van der Waals surface area (Å²) in [6, 6.07) is 3.53. The monoisotopic (exact) mass is 481 g/mol. The van der Waals surface area contributed by atoms with Gasteiger partial charge in [-0.2, -0.15) is 0 Å². The highest BCUT2D eigenvalue weighted by Crippen LogP contribution is 2.28. The number of carbonyl (C=O) groups excluding carboxylic acids is 1. The molecule has 0 atom stereocenters. The van der Waals surface area contributed by atoms with Crippen molar-refractivity contribution in [1.29, 1.82) is 0 Å². The van der Waals surface area contributed by atoms with E-state index in [0.29, 0.717) is 19.5 Å². The van der Waals surface area contributed by atoms with Gasteiger partial charge in [0.25, 0.3) is 11.4 Å². The van der Waals surface area contributed by atoms with Crippen LogP contribution in [0.4, 0.5) is 17.1 Å². The molecular weight excluding hydrogens is 442 g/mol. The van der Waals surface area contributed by atoms with Crippen molar-refractivity contribution in [1.82, 2.24) is 16.0 Å². The van der Waals surface area contributed by atoms with Crippen molar-refractivity contribution in [3.05, 3.63) is 38.4 Å². The number of carbonyl (C=O) groups is 1. The number of anilines is 1. The third kappa shape index (κ3) is 13.7. The minimum atomic E-state index is -0.662. The molecule has 0 saturated heterocycles. The summed E-state index contributed by atoms with van der Waals surface area (Å²) in [7, 11) is 0. The number of nitro groups is 2. The highest BCUT2D eigenvalue weighted by Gasteiger charge is 2.18.